The lowest BCUT2D eigenvalue weighted by atomic mass is 10.0. The third-order valence-electron chi connectivity index (χ3n) is 4.27. The molecule has 0 N–H and O–H groups in total. The van der Waals surface area contributed by atoms with Gasteiger partial charge in [0.05, 0.1) is 0 Å². The van der Waals surface area contributed by atoms with Crippen molar-refractivity contribution in [2.24, 2.45) is 0 Å². The third kappa shape index (κ3) is 2.66. The quantitative estimate of drug-likeness (QED) is 0.400. The summed E-state index contributed by atoms with van der Waals surface area (Å²) in [5, 5.41) is 4.83. The summed E-state index contributed by atoms with van der Waals surface area (Å²) in [5.41, 5.74) is 1.32. The van der Waals surface area contributed by atoms with Crippen LogP contribution in [0.3, 0.4) is 0 Å². The number of aryl methyl sites for hydroxylation is 1. The summed E-state index contributed by atoms with van der Waals surface area (Å²) in [6, 6.07) is 27.4. The van der Waals surface area contributed by atoms with Crippen LogP contribution in [0.15, 0.2) is 78.9 Å². The fraction of sp³-hybridized carbons (Fsp3) is 0.0909. The Labute approximate surface area is 136 Å². The van der Waals surface area contributed by atoms with Crippen molar-refractivity contribution in [2.45, 2.75) is 13.3 Å². The first-order valence-corrected chi connectivity index (χ1v) is 8.02. The standard InChI is InChI=1S/C22H18O/c1-2-16-10-12-20(13-11-16)23-22-9-5-8-19-14-17-6-3-4-7-18(17)15-21(19)22/h3-15H,2H2,1H3. The summed E-state index contributed by atoms with van der Waals surface area (Å²) in [5.74, 6) is 1.78. The molecule has 23 heavy (non-hydrogen) atoms. The molecule has 4 aromatic rings. The van der Waals surface area contributed by atoms with E-state index in [4.69, 9.17) is 4.74 Å². The van der Waals surface area contributed by atoms with Crippen molar-refractivity contribution in [1.82, 2.24) is 0 Å². The highest BCUT2D eigenvalue weighted by molar-refractivity contribution is 6.00. The van der Waals surface area contributed by atoms with Gasteiger partial charge in [0.15, 0.2) is 0 Å². The van der Waals surface area contributed by atoms with Gasteiger partial charge in [-0.15, -0.1) is 0 Å². The van der Waals surface area contributed by atoms with Crippen LogP contribution >= 0.6 is 0 Å². The van der Waals surface area contributed by atoms with E-state index in [-0.39, 0.29) is 0 Å². The second-order valence-corrected chi connectivity index (χ2v) is 5.78. The minimum Gasteiger partial charge on any atom is -0.457 e. The fourth-order valence-electron chi connectivity index (χ4n) is 2.95. The summed E-state index contributed by atoms with van der Waals surface area (Å²) in [7, 11) is 0. The van der Waals surface area contributed by atoms with Crippen LogP contribution in [0.5, 0.6) is 11.5 Å². The topological polar surface area (TPSA) is 9.23 Å². The van der Waals surface area contributed by atoms with Crippen LogP contribution in [0, 0.1) is 0 Å². The summed E-state index contributed by atoms with van der Waals surface area (Å²) in [4.78, 5) is 0. The zero-order chi connectivity index (χ0) is 15.6. The molecule has 4 aromatic carbocycles. The number of fused-ring (bicyclic) bond motifs is 2. The number of hydrogen-bond acceptors (Lipinski definition) is 1. The van der Waals surface area contributed by atoms with Crippen LogP contribution in [0.2, 0.25) is 0 Å². The molecule has 112 valence electrons. The van der Waals surface area contributed by atoms with Gasteiger partial charge in [-0.25, -0.2) is 0 Å². The molecule has 4 rings (SSSR count). The summed E-state index contributed by atoms with van der Waals surface area (Å²) in [6.07, 6.45) is 1.04. The third-order valence-corrected chi connectivity index (χ3v) is 4.27. The first-order chi connectivity index (χ1) is 11.3. The lowest BCUT2D eigenvalue weighted by Gasteiger charge is -2.10. The van der Waals surface area contributed by atoms with Crippen molar-refractivity contribution in [3.63, 3.8) is 0 Å². The van der Waals surface area contributed by atoms with E-state index < -0.39 is 0 Å². The van der Waals surface area contributed by atoms with Gasteiger partial charge < -0.3 is 4.74 Å². The maximum atomic E-state index is 6.14. The maximum absolute atomic E-state index is 6.14. The largest absolute Gasteiger partial charge is 0.457 e. The highest BCUT2D eigenvalue weighted by Crippen LogP contribution is 2.32. The summed E-state index contributed by atoms with van der Waals surface area (Å²) >= 11 is 0. The molecule has 1 heteroatoms. The molecule has 0 aliphatic carbocycles. The lowest BCUT2D eigenvalue weighted by Crippen LogP contribution is -1.87. The van der Waals surface area contributed by atoms with E-state index in [1.54, 1.807) is 0 Å². The van der Waals surface area contributed by atoms with Gasteiger partial charge in [-0.05, 0) is 58.5 Å². The van der Waals surface area contributed by atoms with Crippen LogP contribution in [0.1, 0.15) is 12.5 Å². The van der Waals surface area contributed by atoms with Crippen LogP contribution in [0.4, 0.5) is 0 Å². The average Bonchev–Trinajstić information content (AvgIpc) is 2.61. The number of rotatable bonds is 3. The zero-order valence-electron chi connectivity index (χ0n) is 13.1. The van der Waals surface area contributed by atoms with E-state index in [9.17, 15) is 0 Å². The highest BCUT2D eigenvalue weighted by Gasteiger charge is 2.05. The van der Waals surface area contributed by atoms with Gasteiger partial charge in [-0.1, -0.05) is 55.5 Å². The molecule has 1 nitrogen and oxygen atoms in total. The Morgan fingerprint density at radius 2 is 1.39 bits per heavy atom. The van der Waals surface area contributed by atoms with Gasteiger partial charge in [0.2, 0.25) is 0 Å². The van der Waals surface area contributed by atoms with Crippen LogP contribution < -0.4 is 4.74 Å². The monoisotopic (exact) mass is 298 g/mol. The highest BCUT2D eigenvalue weighted by atomic mass is 16.5. The fourth-order valence-corrected chi connectivity index (χ4v) is 2.95. The molecule has 0 bridgehead atoms. The van der Waals surface area contributed by atoms with Crippen molar-refractivity contribution < 1.29 is 4.74 Å². The Bertz CT molecular complexity index is 968. The number of benzene rings is 4. The molecule has 0 aromatic heterocycles. The Balaban J connectivity index is 1.80. The molecule has 0 atom stereocenters. The first kappa shape index (κ1) is 13.8. The van der Waals surface area contributed by atoms with Gasteiger partial charge in [0, 0.05) is 5.39 Å². The lowest BCUT2D eigenvalue weighted by molar-refractivity contribution is 0.488. The van der Waals surface area contributed by atoms with E-state index in [2.05, 4.69) is 61.5 Å². The van der Waals surface area contributed by atoms with E-state index >= 15 is 0 Å². The predicted octanol–water partition coefficient (Wildman–Crippen LogP) is 6.35. The molecular weight excluding hydrogens is 280 g/mol. The Hall–Kier alpha value is -2.80. The van der Waals surface area contributed by atoms with Crippen LogP contribution in [0.25, 0.3) is 21.5 Å². The van der Waals surface area contributed by atoms with E-state index in [0.29, 0.717) is 0 Å². The molecule has 0 amide bonds. The van der Waals surface area contributed by atoms with Crippen molar-refractivity contribution in [2.75, 3.05) is 0 Å². The summed E-state index contributed by atoms with van der Waals surface area (Å²) < 4.78 is 6.14. The van der Waals surface area contributed by atoms with Gasteiger partial charge >= 0.3 is 0 Å². The molecule has 0 spiro atoms. The normalized spacial score (nSPS) is 11.0. The molecule has 0 radical (unpaired) electrons. The van der Waals surface area contributed by atoms with Crippen molar-refractivity contribution in [3.8, 4) is 11.5 Å². The molecule has 0 fully saturated rings. The molecule has 0 aliphatic heterocycles. The molecule has 0 saturated carbocycles. The molecule has 0 unspecified atom stereocenters. The SMILES string of the molecule is CCc1ccc(Oc2cccc3cc4ccccc4cc23)cc1. The van der Waals surface area contributed by atoms with E-state index in [1.165, 1.54) is 21.7 Å². The van der Waals surface area contributed by atoms with Gasteiger partial charge in [-0.3, -0.25) is 0 Å². The molecule has 0 heterocycles. The van der Waals surface area contributed by atoms with Crippen molar-refractivity contribution >= 4 is 21.5 Å². The van der Waals surface area contributed by atoms with Gasteiger partial charge in [0.1, 0.15) is 11.5 Å². The minimum absolute atomic E-state index is 0.878. The van der Waals surface area contributed by atoms with Crippen LogP contribution in [-0.4, -0.2) is 0 Å². The second-order valence-electron chi connectivity index (χ2n) is 5.78. The first-order valence-electron chi connectivity index (χ1n) is 8.02. The molecule has 0 aliphatic rings. The minimum atomic E-state index is 0.878. The second kappa shape index (κ2) is 5.77. The number of ether oxygens (including phenoxy) is 1. The van der Waals surface area contributed by atoms with Crippen molar-refractivity contribution in [1.29, 1.82) is 0 Å². The predicted molar refractivity (Wildman–Crippen MR) is 97.3 cm³/mol. The smallest absolute Gasteiger partial charge is 0.135 e. The van der Waals surface area contributed by atoms with Gasteiger partial charge in [-0.2, -0.15) is 0 Å². The van der Waals surface area contributed by atoms with Crippen molar-refractivity contribution in [3.05, 3.63) is 84.4 Å². The van der Waals surface area contributed by atoms with E-state index in [1.807, 2.05) is 24.3 Å². The number of hydrogen-bond donors (Lipinski definition) is 0. The van der Waals surface area contributed by atoms with Crippen LogP contribution in [-0.2, 0) is 6.42 Å². The van der Waals surface area contributed by atoms with Gasteiger partial charge in [0.25, 0.3) is 0 Å². The zero-order valence-corrected chi connectivity index (χ0v) is 13.1. The molecular formula is C22H18O. The average molecular weight is 298 g/mol. The maximum Gasteiger partial charge on any atom is 0.135 e. The Kier molecular flexibility index (Phi) is 3.47. The summed E-state index contributed by atoms with van der Waals surface area (Å²) in [6.45, 7) is 2.16. The Morgan fingerprint density at radius 3 is 2.13 bits per heavy atom. The van der Waals surface area contributed by atoms with E-state index in [0.717, 1.165) is 23.3 Å². The molecule has 0 saturated heterocycles. The Morgan fingerprint density at radius 1 is 0.696 bits per heavy atom.